The van der Waals surface area contributed by atoms with E-state index >= 15 is 0 Å². The smallest absolute Gasteiger partial charge is 0.258 e. The van der Waals surface area contributed by atoms with Crippen molar-refractivity contribution in [3.63, 3.8) is 0 Å². The van der Waals surface area contributed by atoms with Gasteiger partial charge in [0.2, 0.25) is 0 Å². The molecule has 8 heteroatoms. The van der Waals surface area contributed by atoms with Crippen LogP contribution in [0.4, 0.5) is 5.69 Å². The van der Waals surface area contributed by atoms with Gasteiger partial charge in [-0.05, 0) is 36.5 Å². The lowest BCUT2D eigenvalue weighted by atomic mass is 9.86. The minimum atomic E-state index is -4.01. The first-order valence-electron chi connectivity index (χ1n) is 8.34. The van der Waals surface area contributed by atoms with Gasteiger partial charge in [0.25, 0.3) is 15.7 Å². The molecule has 27 heavy (non-hydrogen) atoms. The molecule has 0 atom stereocenters. The summed E-state index contributed by atoms with van der Waals surface area (Å²) in [6.07, 6.45) is 0. The monoisotopic (exact) mass is 389 g/mol. The first-order valence-corrected chi connectivity index (χ1v) is 9.82. The Labute approximate surface area is 159 Å². The molecule has 0 amide bonds. The van der Waals surface area contributed by atoms with E-state index in [9.17, 15) is 18.5 Å². The summed E-state index contributed by atoms with van der Waals surface area (Å²) in [5.74, 6) is 0. The van der Waals surface area contributed by atoms with Crippen LogP contribution in [-0.4, -0.2) is 19.1 Å². The highest BCUT2D eigenvalue weighted by Crippen LogP contribution is 2.23. The van der Waals surface area contributed by atoms with Gasteiger partial charge in [-0.3, -0.25) is 10.1 Å². The van der Waals surface area contributed by atoms with E-state index < -0.39 is 14.9 Å². The Hall–Kier alpha value is -2.74. The number of hydrogen-bond donors (Lipinski definition) is 1. The SMILES string of the molecule is C/C(=N/NS(=O)(=O)c1ccc(C)c([N+](=O)[O-])c1)c1ccc(C(C)(C)C)cc1. The third kappa shape index (κ3) is 4.91. The van der Waals surface area contributed by atoms with Gasteiger partial charge in [-0.1, -0.05) is 51.1 Å². The van der Waals surface area contributed by atoms with E-state index in [2.05, 4.69) is 30.7 Å². The fourth-order valence-electron chi connectivity index (χ4n) is 2.41. The predicted octanol–water partition coefficient (Wildman–Crippen LogP) is 3.90. The quantitative estimate of drug-likeness (QED) is 0.476. The molecule has 2 aromatic carbocycles. The van der Waals surface area contributed by atoms with E-state index in [4.69, 9.17) is 0 Å². The second-order valence-electron chi connectivity index (χ2n) is 7.32. The number of hydrazone groups is 1. The minimum Gasteiger partial charge on any atom is -0.258 e. The number of hydrogen-bond acceptors (Lipinski definition) is 5. The van der Waals surface area contributed by atoms with Crippen LogP contribution >= 0.6 is 0 Å². The minimum absolute atomic E-state index is 0.0192. The molecule has 0 heterocycles. The standard InChI is InChI=1S/C19H23N3O4S/c1-13-6-11-17(12-18(13)22(23)24)27(25,26)21-20-14(2)15-7-9-16(10-8-15)19(3,4)5/h6-12,21H,1-5H3/b20-14-. The topological polar surface area (TPSA) is 102 Å². The molecule has 0 aliphatic carbocycles. The Balaban J connectivity index is 2.25. The zero-order chi connectivity index (χ0) is 20.4. The number of nitrogens with one attached hydrogen (secondary N) is 1. The molecule has 0 spiro atoms. The van der Waals surface area contributed by atoms with Crippen molar-refractivity contribution in [2.24, 2.45) is 5.10 Å². The van der Waals surface area contributed by atoms with Crippen molar-refractivity contribution in [3.8, 4) is 0 Å². The Bertz CT molecular complexity index is 989. The Morgan fingerprint density at radius 2 is 1.70 bits per heavy atom. The normalized spacial score (nSPS) is 12.7. The highest BCUT2D eigenvalue weighted by atomic mass is 32.2. The van der Waals surface area contributed by atoms with Gasteiger partial charge in [-0.25, -0.2) is 0 Å². The van der Waals surface area contributed by atoms with Gasteiger partial charge in [0.15, 0.2) is 0 Å². The average molecular weight is 389 g/mol. The largest absolute Gasteiger partial charge is 0.276 e. The molecule has 0 unspecified atom stereocenters. The third-order valence-corrected chi connectivity index (χ3v) is 5.40. The molecule has 0 radical (unpaired) electrons. The molecule has 0 aliphatic rings. The number of aryl methyl sites for hydroxylation is 1. The summed E-state index contributed by atoms with van der Waals surface area (Å²) in [7, 11) is -4.01. The van der Waals surface area contributed by atoms with Gasteiger partial charge in [0, 0.05) is 11.6 Å². The summed E-state index contributed by atoms with van der Waals surface area (Å²) in [4.78, 5) is 12.3. The Morgan fingerprint density at radius 3 is 2.22 bits per heavy atom. The number of nitrogens with zero attached hydrogens (tertiary/aromatic N) is 2. The van der Waals surface area contributed by atoms with Crippen LogP contribution in [0.2, 0.25) is 0 Å². The summed E-state index contributed by atoms with van der Waals surface area (Å²) in [5.41, 5.74) is 2.58. The van der Waals surface area contributed by atoms with Gasteiger partial charge in [0.1, 0.15) is 0 Å². The predicted molar refractivity (Wildman–Crippen MR) is 106 cm³/mol. The van der Waals surface area contributed by atoms with Crippen molar-refractivity contribution in [2.75, 3.05) is 0 Å². The van der Waals surface area contributed by atoms with Crippen LogP contribution in [-0.2, 0) is 15.4 Å². The highest BCUT2D eigenvalue weighted by molar-refractivity contribution is 7.89. The number of nitro groups is 1. The number of rotatable bonds is 5. The van der Waals surface area contributed by atoms with Crippen LogP contribution in [0.3, 0.4) is 0 Å². The number of benzene rings is 2. The first kappa shape index (κ1) is 20.6. The zero-order valence-corrected chi connectivity index (χ0v) is 16.8. The van der Waals surface area contributed by atoms with Crippen LogP contribution in [0, 0.1) is 17.0 Å². The van der Waals surface area contributed by atoms with Crippen LogP contribution < -0.4 is 4.83 Å². The summed E-state index contributed by atoms with van der Waals surface area (Å²) in [5, 5.41) is 15.0. The molecule has 1 N–H and O–H groups in total. The molecule has 0 aliphatic heterocycles. The highest BCUT2D eigenvalue weighted by Gasteiger charge is 2.19. The van der Waals surface area contributed by atoms with Crippen LogP contribution in [0.15, 0.2) is 52.5 Å². The van der Waals surface area contributed by atoms with E-state index in [0.717, 1.165) is 17.2 Å². The molecule has 144 valence electrons. The zero-order valence-electron chi connectivity index (χ0n) is 16.0. The van der Waals surface area contributed by atoms with E-state index in [1.165, 1.54) is 12.1 Å². The molecule has 0 fully saturated rings. The molecule has 7 nitrogen and oxygen atoms in total. The van der Waals surface area contributed by atoms with Crippen LogP contribution in [0.5, 0.6) is 0 Å². The van der Waals surface area contributed by atoms with E-state index in [0.29, 0.717) is 11.3 Å². The lowest BCUT2D eigenvalue weighted by Crippen LogP contribution is -2.20. The lowest BCUT2D eigenvalue weighted by Gasteiger charge is -2.19. The molecule has 0 aromatic heterocycles. The molecular formula is C19H23N3O4S. The number of nitro benzene ring substituents is 1. The fourth-order valence-corrected chi connectivity index (χ4v) is 3.29. The van der Waals surface area contributed by atoms with Crippen molar-refractivity contribution < 1.29 is 13.3 Å². The maximum atomic E-state index is 12.4. The van der Waals surface area contributed by atoms with E-state index in [1.54, 1.807) is 13.8 Å². The third-order valence-electron chi connectivity index (χ3n) is 4.19. The molecule has 0 bridgehead atoms. The number of sulfonamides is 1. The van der Waals surface area contributed by atoms with Crippen molar-refractivity contribution in [2.45, 2.75) is 44.9 Å². The van der Waals surface area contributed by atoms with Crippen molar-refractivity contribution in [1.29, 1.82) is 0 Å². The van der Waals surface area contributed by atoms with Gasteiger partial charge < -0.3 is 0 Å². The Morgan fingerprint density at radius 1 is 1.11 bits per heavy atom. The summed E-state index contributed by atoms with van der Waals surface area (Å²) in [6, 6.07) is 11.5. The molecule has 0 saturated heterocycles. The second-order valence-corrected chi connectivity index (χ2v) is 8.99. The molecule has 2 rings (SSSR count). The van der Waals surface area contributed by atoms with Crippen LogP contribution in [0.25, 0.3) is 0 Å². The van der Waals surface area contributed by atoms with Gasteiger partial charge in [-0.2, -0.15) is 18.4 Å². The molecule has 0 saturated carbocycles. The Kier molecular flexibility index (Phi) is 5.70. The van der Waals surface area contributed by atoms with Crippen molar-refractivity contribution in [3.05, 3.63) is 69.3 Å². The summed E-state index contributed by atoms with van der Waals surface area (Å²) >= 11 is 0. The van der Waals surface area contributed by atoms with E-state index in [-0.39, 0.29) is 16.0 Å². The maximum Gasteiger partial charge on any atom is 0.276 e. The molecule has 2 aromatic rings. The fraction of sp³-hybridized carbons (Fsp3) is 0.316. The average Bonchev–Trinajstić information content (AvgIpc) is 2.59. The van der Waals surface area contributed by atoms with Gasteiger partial charge in [-0.15, -0.1) is 0 Å². The summed E-state index contributed by atoms with van der Waals surface area (Å²) in [6.45, 7) is 9.56. The molecular weight excluding hydrogens is 366 g/mol. The maximum absolute atomic E-state index is 12.4. The van der Waals surface area contributed by atoms with Crippen LogP contribution in [0.1, 0.15) is 44.4 Å². The van der Waals surface area contributed by atoms with Gasteiger partial charge in [0.05, 0.1) is 15.5 Å². The van der Waals surface area contributed by atoms with E-state index in [1.807, 2.05) is 24.3 Å². The first-order chi connectivity index (χ1) is 12.4. The second kappa shape index (κ2) is 7.48. The van der Waals surface area contributed by atoms with Crippen molar-refractivity contribution in [1.82, 2.24) is 4.83 Å². The van der Waals surface area contributed by atoms with Gasteiger partial charge >= 0.3 is 0 Å². The summed E-state index contributed by atoms with van der Waals surface area (Å²) < 4.78 is 24.8. The lowest BCUT2D eigenvalue weighted by molar-refractivity contribution is -0.385. The van der Waals surface area contributed by atoms with Crippen molar-refractivity contribution >= 4 is 21.4 Å².